The van der Waals surface area contributed by atoms with Crippen molar-refractivity contribution < 1.29 is 14.6 Å². The van der Waals surface area contributed by atoms with Crippen LogP contribution in [0.5, 0.6) is 11.5 Å². The highest BCUT2D eigenvalue weighted by molar-refractivity contribution is 6.32. The summed E-state index contributed by atoms with van der Waals surface area (Å²) in [6, 6.07) is 19.5. The largest absolute Gasteiger partial charge is 0.488 e. The van der Waals surface area contributed by atoms with E-state index in [2.05, 4.69) is 38.0 Å². The van der Waals surface area contributed by atoms with Gasteiger partial charge < -0.3 is 40.8 Å². The number of benzene rings is 3. The molecule has 0 radical (unpaired) electrons. The van der Waals surface area contributed by atoms with Gasteiger partial charge in [-0.2, -0.15) is 5.26 Å². The van der Waals surface area contributed by atoms with Crippen LogP contribution in [-0.4, -0.2) is 67.1 Å². The van der Waals surface area contributed by atoms with Crippen molar-refractivity contribution in [2.24, 2.45) is 0 Å². The van der Waals surface area contributed by atoms with Crippen LogP contribution >= 0.6 is 11.6 Å². The maximum atomic E-state index is 9.53. The summed E-state index contributed by atoms with van der Waals surface area (Å²) < 4.78 is 12.6. The highest BCUT2D eigenvalue weighted by Crippen LogP contribution is 2.38. The number of hydrogen-bond donors (Lipinski definition) is 5. The molecule has 4 aromatic rings. The number of pyridine rings is 1. The van der Waals surface area contributed by atoms with E-state index in [1.807, 2.05) is 50.4 Å². The van der Waals surface area contributed by atoms with Gasteiger partial charge in [-0.3, -0.25) is 4.98 Å². The zero-order valence-corrected chi connectivity index (χ0v) is 30.2. The molecule has 1 unspecified atom stereocenters. The molecule has 3 aromatic carbocycles. The van der Waals surface area contributed by atoms with Gasteiger partial charge in [0.1, 0.15) is 30.8 Å². The Hall–Kier alpha value is -4.66. The van der Waals surface area contributed by atoms with Crippen molar-refractivity contribution in [1.29, 1.82) is 10.7 Å². The van der Waals surface area contributed by atoms with Crippen LogP contribution in [0.4, 0.5) is 11.4 Å². The number of nitrogens with zero attached hydrogens (tertiary/aromatic N) is 3. The lowest BCUT2D eigenvalue weighted by Crippen LogP contribution is -2.28. The second-order valence-electron chi connectivity index (χ2n) is 12.8. The maximum absolute atomic E-state index is 9.53. The molecule has 1 saturated heterocycles. The molecule has 0 amide bonds. The summed E-state index contributed by atoms with van der Waals surface area (Å²) in [6.45, 7) is 7.18. The van der Waals surface area contributed by atoms with Crippen molar-refractivity contribution in [3.8, 4) is 28.7 Å². The number of nitriles is 1. The monoisotopic (exact) mass is 709 g/mol. The second-order valence-corrected chi connectivity index (χ2v) is 13.2. The number of aliphatic hydroxyl groups is 1. The van der Waals surface area contributed by atoms with Gasteiger partial charge >= 0.3 is 0 Å². The second kappa shape index (κ2) is 19.1. The van der Waals surface area contributed by atoms with Crippen LogP contribution in [0.15, 0.2) is 67.0 Å². The van der Waals surface area contributed by atoms with Crippen LogP contribution < -0.4 is 25.4 Å². The zero-order chi connectivity index (χ0) is 36.0. The lowest BCUT2D eigenvalue weighted by Gasteiger charge is -2.20. The minimum atomic E-state index is -0.120. The van der Waals surface area contributed by atoms with E-state index in [9.17, 15) is 10.4 Å². The zero-order valence-electron chi connectivity index (χ0n) is 29.5. The molecule has 0 bridgehead atoms. The van der Waals surface area contributed by atoms with E-state index in [0.717, 1.165) is 70.7 Å². The lowest BCUT2D eigenvalue weighted by molar-refractivity contribution is 0.249. The Kier molecular flexibility index (Phi) is 14.1. The van der Waals surface area contributed by atoms with Gasteiger partial charge in [0.25, 0.3) is 0 Å². The number of halogens is 1. The number of ether oxygens (including phenoxy) is 2. The highest BCUT2D eigenvalue weighted by Gasteiger charge is 2.17. The minimum Gasteiger partial charge on any atom is -0.488 e. The fourth-order valence-electron chi connectivity index (χ4n) is 6.29. The van der Waals surface area contributed by atoms with Crippen molar-refractivity contribution in [2.75, 3.05) is 50.5 Å². The third-order valence-electron chi connectivity index (χ3n) is 9.09. The van der Waals surface area contributed by atoms with Crippen molar-refractivity contribution in [2.45, 2.75) is 58.4 Å². The maximum Gasteiger partial charge on any atom is 0.142 e. The molecule has 10 nitrogen and oxygen atoms in total. The first-order valence-corrected chi connectivity index (χ1v) is 18.0. The molecule has 1 fully saturated rings. The van der Waals surface area contributed by atoms with Crippen molar-refractivity contribution in [1.82, 2.24) is 15.2 Å². The third-order valence-corrected chi connectivity index (χ3v) is 9.38. The Morgan fingerprint density at radius 3 is 2.57 bits per heavy atom. The minimum absolute atomic E-state index is 0.00825. The molecule has 0 spiro atoms. The molecule has 2 heterocycles. The SMILES string of the molecule is CNc1c(COc2cc(OCc3cncc(C#N)c3)c(CNC(C)CO)cc2Cl)cccc1-c1cccc(NCCCCN2CCCC2)c1C=N. The van der Waals surface area contributed by atoms with E-state index in [0.29, 0.717) is 28.6 Å². The number of rotatable bonds is 19. The predicted octanol–water partition coefficient (Wildman–Crippen LogP) is 7.23. The molecule has 1 atom stereocenters. The Morgan fingerprint density at radius 2 is 1.80 bits per heavy atom. The van der Waals surface area contributed by atoms with Crippen LogP contribution in [0, 0.1) is 16.7 Å². The van der Waals surface area contributed by atoms with Gasteiger partial charge in [-0.1, -0.05) is 41.9 Å². The van der Waals surface area contributed by atoms with Crippen LogP contribution in [0.2, 0.25) is 5.02 Å². The number of anilines is 2. The molecule has 1 aliphatic heterocycles. The third kappa shape index (κ3) is 10.2. The Morgan fingerprint density at radius 1 is 1.02 bits per heavy atom. The number of aliphatic hydroxyl groups excluding tert-OH is 1. The fourth-order valence-corrected chi connectivity index (χ4v) is 6.53. The van der Waals surface area contributed by atoms with Crippen LogP contribution in [0.25, 0.3) is 11.1 Å². The van der Waals surface area contributed by atoms with Gasteiger partial charge in [0, 0.05) is 90.0 Å². The molecule has 268 valence electrons. The molecular formula is C40H48ClN7O3. The number of nitrogens with one attached hydrogen (secondary N) is 4. The molecule has 0 saturated carbocycles. The summed E-state index contributed by atoms with van der Waals surface area (Å²) in [5, 5.41) is 37.8. The average Bonchev–Trinajstić information content (AvgIpc) is 3.69. The van der Waals surface area contributed by atoms with E-state index in [1.165, 1.54) is 38.3 Å². The number of hydrogen-bond acceptors (Lipinski definition) is 10. The fraction of sp³-hybridized carbons (Fsp3) is 0.375. The quantitative estimate of drug-likeness (QED) is 0.0504. The van der Waals surface area contributed by atoms with Crippen molar-refractivity contribution >= 4 is 29.2 Å². The molecule has 51 heavy (non-hydrogen) atoms. The van der Waals surface area contributed by atoms with Crippen LogP contribution in [0.3, 0.4) is 0 Å². The Bertz CT molecular complexity index is 1810. The Balaban J connectivity index is 1.33. The van der Waals surface area contributed by atoms with E-state index in [4.69, 9.17) is 26.5 Å². The number of unbranched alkanes of at least 4 members (excludes halogenated alkanes) is 1. The van der Waals surface area contributed by atoms with E-state index >= 15 is 0 Å². The van der Waals surface area contributed by atoms with Gasteiger partial charge in [-0.15, -0.1) is 0 Å². The number of aromatic nitrogens is 1. The average molecular weight is 710 g/mol. The molecular weight excluding hydrogens is 662 g/mol. The van der Waals surface area contributed by atoms with Gasteiger partial charge in [0.05, 0.1) is 17.2 Å². The smallest absolute Gasteiger partial charge is 0.142 e. The van der Waals surface area contributed by atoms with Crippen molar-refractivity contribution in [3.05, 3.63) is 99.8 Å². The molecule has 11 heteroatoms. The van der Waals surface area contributed by atoms with Gasteiger partial charge in [0.15, 0.2) is 0 Å². The molecule has 5 rings (SSSR count). The topological polar surface area (TPSA) is 139 Å². The normalized spacial score (nSPS) is 13.4. The molecule has 5 N–H and O–H groups in total. The summed E-state index contributed by atoms with van der Waals surface area (Å²) in [7, 11) is 1.89. The first kappa shape index (κ1) is 37.6. The van der Waals surface area contributed by atoms with Crippen LogP contribution in [-0.2, 0) is 19.8 Å². The highest BCUT2D eigenvalue weighted by atomic mass is 35.5. The summed E-state index contributed by atoms with van der Waals surface area (Å²) in [5.74, 6) is 1.02. The molecule has 1 aromatic heterocycles. The van der Waals surface area contributed by atoms with Gasteiger partial charge in [-0.05, 0) is 76.0 Å². The Labute approximate surface area is 306 Å². The summed E-state index contributed by atoms with van der Waals surface area (Å²) in [6.07, 6.45) is 9.47. The number of likely N-dealkylation sites (tertiary alicyclic amines) is 1. The van der Waals surface area contributed by atoms with E-state index in [-0.39, 0.29) is 25.9 Å². The van der Waals surface area contributed by atoms with Crippen LogP contribution in [0.1, 0.15) is 60.4 Å². The molecule has 0 aliphatic carbocycles. The van der Waals surface area contributed by atoms with E-state index in [1.54, 1.807) is 18.3 Å². The first-order chi connectivity index (χ1) is 24.9. The molecule has 1 aliphatic rings. The van der Waals surface area contributed by atoms with E-state index < -0.39 is 0 Å². The summed E-state index contributed by atoms with van der Waals surface area (Å²) in [5.41, 5.74) is 7.55. The van der Waals surface area contributed by atoms with Gasteiger partial charge in [-0.25, -0.2) is 0 Å². The summed E-state index contributed by atoms with van der Waals surface area (Å²) >= 11 is 6.77. The number of para-hydroxylation sites is 1. The lowest BCUT2D eigenvalue weighted by atomic mass is 9.95. The van der Waals surface area contributed by atoms with Gasteiger partial charge in [0.2, 0.25) is 0 Å². The first-order valence-electron chi connectivity index (χ1n) is 17.6. The summed E-state index contributed by atoms with van der Waals surface area (Å²) in [4.78, 5) is 6.68. The van der Waals surface area contributed by atoms with Crippen molar-refractivity contribution in [3.63, 3.8) is 0 Å². The standard InChI is InChI=1S/C40H48ClN7O3/c1-28(25-49)47-24-32-18-36(41)39(19-38(32)50-26-30-17-29(20-42)22-45-23-30)51-27-31-9-7-11-34(40(31)44-2)33-10-8-12-37(35(33)21-43)46-13-3-4-14-48-15-5-6-16-48/h7-12,17-19,21-23,28,43-44,46-47,49H,3-6,13-16,24-27H2,1-2H3. The predicted molar refractivity (Wildman–Crippen MR) is 205 cm³/mol.